The van der Waals surface area contributed by atoms with Gasteiger partial charge < -0.3 is 10.1 Å². The first-order valence-electron chi connectivity index (χ1n) is 4.94. The van der Waals surface area contributed by atoms with Gasteiger partial charge in [-0.15, -0.1) is 0 Å². The molecule has 0 spiro atoms. The van der Waals surface area contributed by atoms with Crippen LogP contribution in [0.15, 0.2) is 18.5 Å². The average Bonchev–Trinajstić information content (AvgIpc) is 2.29. The van der Waals surface area contributed by atoms with Crippen LogP contribution < -0.4 is 10.1 Å². The lowest BCUT2D eigenvalue weighted by atomic mass is 10.1. The quantitative estimate of drug-likeness (QED) is 0.565. The summed E-state index contributed by atoms with van der Waals surface area (Å²) in [5.41, 5.74) is 0.616. The van der Waals surface area contributed by atoms with Gasteiger partial charge in [-0.2, -0.15) is 0 Å². The van der Waals surface area contributed by atoms with E-state index in [1.54, 1.807) is 25.6 Å². The predicted octanol–water partition coefficient (Wildman–Crippen LogP) is 1.27. The molecule has 0 saturated carbocycles. The molecule has 0 aliphatic heterocycles. The van der Waals surface area contributed by atoms with Crippen molar-refractivity contribution in [3.63, 3.8) is 0 Å². The Morgan fingerprint density at radius 1 is 1.53 bits per heavy atom. The molecular formula is C11H16N2O2. The summed E-state index contributed by atoms with van der Waals surface area (Å²) in [5.74, 6) is 0.728. The minimum absolute atomic E-state index is 0.108. The topological polar surface area (TPSA) is 51.2 Å². The molecule has 0 fully saturated rings. The van der Waals surface area contributed by atoms with Crippen molar-refractivity contribution < 1.29 is 9.53 Å². The van der Waals surface area contributed by atoms with Crippen molar-refractivity contribution in [1.82, 2.24) is 10.3 Å². The number of pyridine rings is 1. The Balaban J connectivity index is 2.57. The van der Waals surface area contributed by atoms with Gasteiger partial charge in [0, 0.05) is 18.2 Å². The fourth-order valence-corrected chi connectivity index (χ4v) is 1.25. The van der Waals surface area contributed by atoms with Crippen molar-refractivity contribution in [3.8, 4) is 5.75 Å². The zero-order valence-corrected chi connectivity index (χ0v) is 9.12. The first kappa shape index (κ1) is 11.7. The van der Waals surface area contributed by atoms with Crippen LogP contribution in [-0.4, -0.2) is 31.5 Å². The van der Waals surface area contributed by atoms with Gasteiger partial charge in [-0.1, -0.05) is 0 Å². The number of ether oxygens (including phenoxy) is 1. The zero-order chi connectivity index (χ0) is 11.1. The number of carbonyl (C=O) groups excluding carboxylic acids is 1. The summed E-state index contributed by atoms with van der Waals surface area (Å²) in [6, 6.07) is 1.72. The second kappa shape index (κ2) is 6.14. The highest BCUT2D eigenvalue weighted by atomic mass is 16.5. The number of hydrogen-bond acceptors (Lipinski definition) is 4. The predicted molar refractivity (Wildman–Crippen MR) is 58.3 cm³/mol. The van der Waals surface area contributed by atoms with Crippen LogP contribution in [0.1, 0.15) is 23.2 Å². The number of hydrogen-bond donors (Lipinski definition) is 1. The Labute approximate surface area is 89.7 Å². The fraction of sp³-hybridized carbons (Fsp3) is 0.455. The molecule has 82 valence electrons. The molecule has 1 aromatic heterocycles. The van der Waals surface area contributed by atoms with Crippen molar-refractivity contribution in [1.29, 1.82) is 0 Å². The second-order valence-electron chi connectivity index (χ2n) is 3.24. The molecule has 0 saturated heterocycles. The van der Waals surface area contributed by atoms with Crippen LogP contribution in [0.4, 0.5) is 0 Å². The highest BCUT2D eigenvalue weighted by Gasteiger charge is 2.06. The lowest BCUT2D eigenvalue weighted by Gasteiger charge is -2.03. The maximum Gasteiger partial charge on any atom is 0.164 e. The van der Waals surface area contributed by atoms with Crippen LogP contribution >= 0.6 is 0 Å². The highest BCUT2D eigenvalue weighted by molar-refractivity contribution is 5.96. The maximum atomic E-state index is 11.7. The molecule has 0 amide bonds. The molecule has 0 aliphatic rings. The molecule has 0 bridgehead atoms. The molecule has 1 heterocycles. The largest absolute Gasteiger partial charge is 0.495 e. The molecule has 0 aliphatic carbocycles. The van der Waals surface area contributed by atoms with E-state index in [0.29, 0.717) is 17.7 Å². The minimum atomic E-state index is 0.108. The van der Waals surface area contributed by atoms with Crippen molar-refractivity contribution in [2.75, 3.05) is 20.7 Å². The van der Waals surface area contributed by atoms with Crippen molar-refractivity contribution in [3.05, 3.63) is 24.0 Å². The number of aromatic nitrogens is 1. The van der Waals surface area contributed by atoms with E-state index < -0.39 is 0 Å². The SMILES string of the molecule is CNCCCC(=O)c1cncc(OC)c1. The van der Waals surface area contributed by atoms with Crippen molar-refractivity contribution >= 4 is 5.78 Å². The van der Waals surface area contributed by atoms with E-state index in [-0.39, 0.29) is 5.78 Å². The van der Waals surface area contributed by atoms with Gasteiger partial charge in [0.1, 0.15) is 5.75 Å². The molecule has 4 heteroatoms. The lowest BCUT2D eigenvalue weighted by Crippen LogP contribution is -2.10. The van der Waals surface area contributed by atoms with Crippen LogP contribution in [-0.2, 0) is 0 Å². The van der Waals surface area contributed by atoms with E-state index in [9.17, 15) is 4.79 Å². The van der Waals surface area contributed by atoms with Gasteiger partial charge in [-0.3, -0.25) is 9.78 Å². The van der Waals surface area contributed by atoms with Gasteiger partial charge in [-0.25, -0.2) is 0 Å². The Bertz CT molecular complexity index is 326. The van der Waals surface area contributed by atoms with Gasteiger partial charge in [0.05, 0.1) is 13.3 Å². The van der Waals surface area contributed by atoms with Gasteiger partial charge >= 0.3 is 0 Å². The second-order valence-corrected chi connectivity index (χ2v) is 3.24. The van der Waals surface area contributed by atoms with Crippen LogP contribution in [0, 0.1) is 0 Å². The molecule has 0 radical (unpaired) electrons. The zero-order valence-electron chi connectivity index (χ0n) is 9.12. The number of nitrogens with one attached hydrogen (secondary N) is 1. The monoisotopic (exact) mass is 208 g/mol. The summed E-state index contributed by atoms with van der Waals surface area (Å²) >= 11 is 0. The average molecular weight is 208 g/mol. The van der Waals surface area contributed by atoms with E-state index in [2.05, 4.69) is 10.3 Å². The third-order valence-corrected chi connectivity index (χ3v) is 2.10. The Kier molecular flexibility index (Phi) is 4.77. The molecule has 1 aromatic rings. The van der Waals surface area contributed by atoms with Crippen molar-refractivity contribution in [2.45, 2.75) is 12.8 Å². The van der Waals surface area contributed by atoms with E-state index in [1.807, 2.05) is 7.05 Å². The van der Waals surface area contributed by atoms with E-state index in [0.717, 1.165) is 13.0 Å². The molecule has 0 atom stereocenters. The molecular weight excluding hydrogens is 192 g/mol. The molecule has 0 aromatic carbocycles. The molecule has 15 heavy (non-hydrogen) atoms. The normalized spacial score (nSPS) is 10.0. The Morgan fingerprint density at radius 2 is 2.33 bits per heavy atom. The van der Waals surface area contributed by atoms with Crippen LogP contribution in [0.3, 0.4) is 0 Å². The number of carbonyl (C=O) groups is 1. The third-order valence-electron chi connectivity index (χ3n) is 2.10. The van der Waals surface area contributed by atoms with Crippen LogP contribution in [0.25, 0.3) is 0 Å². The maximum absolute atomic E-state index is 11.7. The van der Waals surface area contributed by atoms with Crippen LogP contribution in [0.2, 0.25) is 0 Å². The van der Waals surface area contributed by atoms with E-state index >= 15 is 0 Å². The molecule has 1 N–H and O–H groups in total. The fourth-order valence-electron chi connectivity index (χ4n) is 1.25. The summed E-state index contributed by atoms with van der Waals surface area (Å²) in [5, 5.41) is 3.00. The molecule has 0 unspecified atom stereocenters. The number of Topliss-reactive ketones (excluding diaryl/α,β-unsaturated/α-hetero) is 1. The summed E-state index contributed by atoms with van der Waals surface area (Å²) in [6.45, 7) is 0.850. The third kappa shape index (κ3) is 3.67. The van der Waals surface area contributed by atoms with Crippen LogP contribution in [0.5, 0.6) is 5.75 Å². The Morgan fingerprint density at radius 3 is 3.00 bits per heavy atom. The first-order valence-corrected chi connectivity index (χ1v) is 4.94. The summed E-state index contributed by atoms with van der Waals surface area (Å²) in [7, 11) is 3.43. The number of ketones is 1. The minimum Gasteiger partial charge on any atom is -0.495 e. The lowest BCUT2D eigenvalue weighted by molar-refractivity contribution is 0.0979. The van der Waals surface area contributed by atoms with E-state index in [1.165, 1.54) is 0 Å². The van der Waals surface area contributed by atoms with E-state index in [4.69, 9.17) is 4.74 Å². The molecule has 4 nitrogen and oxygen atoms in total. The standard InChI is InChI=1S/C11H16N2O2/c1-12-5-3-4-11(14)9-6-10(15-2)8-13-7-9/h6-8,12H,3-5H2,1-2H3. The number of rotatable bonds is 6. The smallest absolute Gasteiger partial charge is 0.164 e. The van der Waals surface area contributed by atoms with Gasteiger partial charge in [0.25, 0.3) is 0 Å². The van der Waals surface area contributed by atoms with Gasteiger partial charge in [0.2, 0.25) is 0 Å². The summed E-state index contributed by atoms with van der Waals surface area (Å²) in [6.07, 6.45) is 4.54. The summed E-state index contributed by atoms with van der Waals surface area (Å²) in [4.78, 5) is 15.6. The van der Waals surface area contributed by atoms with Gasteiger partial charge in [-0.05, 0) is 26.1 Å². The molecule has 1 rings (SSSR count). The first-order chi connectivity index (χ1) is 7.27. The number of nitrogens with zero attached hydrogens (tertiary/aromatic N) is 1. The van der Waals surface area contributed by atoms with Crippen molar-refractivity contribution in [2.24, 2.45) is 0 Å². The van der Waals surface area contributed by atoms with Gasteiger partial charge in [0.15, 0.2) is 5.78 Å². The number of methoxy groups -OCH3 is 1. The highest BCUT2D eigenvalue weighted by Crippen LogP contribution is 2.12. The Hall–Kier alpha value is -1.42. The summed E-state index contributed by atoms with van der Waals surface area (Å²) < 4.78 is 5.00.